The van der Waals surface area contributed by atoms with Crippen LogP contribution in [0, 0.1) is 12.8 Å². The van der Waals surface area contributed by atoms with Gasteiger partial charge in [-0.05, 0) is 80.8 Å². The van der Waals surface area contributed by atoms with Crippen molar-refractivity contribution in [2.45, 2.75) is 77.7 Å². The lowest BCUT2D eigenvalue weighted by molar-refractivity contribution is -0.113. The second-order valence-electron chi connectivity index (χ2n) is 10.1. The van der Waals surface area contributed by atoms with Crippen LogP contribution in [-0.4, -0.2) is 17.3 Å². The third kappa shape index (κ3) is 8.37. The van der Waals surface area contributed by atoms with Crippen LogP contribution >= 0.6 is 23.5 Å². The van der Waals surface area contributed by atoms with Crippen molar-refractivity contribution in [2.75, 3.05) is 16.5 Å². The van der Waals surface area contributed by atoms with Gasteiger partial charge < -0.3 is 10.6 Å². The molecule has 0 radical (unpaired) electrons. The van der Waals surface area contributed by atoms with Crippen LogP contribution in [0.3, 0.4) is 0 Å². The Hall–Kier alpha value is -1.95. The van der Waals surface area contributed by atoms with Crippen LogP contribution in [0.25, 0.3) is 5.70 Å². The number of aryl methyl sites for hydroxylation is 1. The number of anilines is 2. The van der Waals surface area contributed by atoms with E-state index in [0.29, 0.717) is 17.5 Å². The molecule has 0 saturated heterocycles. The number of carbonyl (C=O) groups is 1. The second-order valence-corrected chi connectivity index (χ2v) is 11.2. The quantitative estimate of drug-likeness (QED) is 0.214. The summed E-state index contributed by atoms with van der Waals surface area (Å²) in [5, 5.41) is 6.48. The summed E-state index contributed by atoms with van der Waals surface area (Å²) in [6.45, 7) is 19.6. The average Bonchev–Trinajstić information content (AvgIpc) is 2.77. The van der Waals surface area contributed by atoms with Gasteiger partial charge in [-0.15, -0.1) is 11.6 Å². The zero-order valence-corrected chi connectivity index (χ0v) is 23.2. The van der Waals surface area contributed by atoms with Crippen molar-refractivity contribution in [1.29, 1.82) is 0 Å². The first-order valence-corrected chi connectivity index (χ1v) is 13.3. The summed E-state index contributed by atoms with van der Waals surface area (Å²) in [5.41, 5.74) is 5.63. The molecule has 3 N–H and O–H groups in total. The molecule has 2 rings (SSSR count). The van der Waals surface area contributed by atoms with E-state index in [0.717, 1.165) is 33.8 Å². The number of alkyl halides is 1. The molecule has 6 heteroatoms. The standard InChI is InChI=1S/C28H40ClN3OS/c1-9-10-19(3)20(4)23-14-12-22(34-32-28(6,7)8)16-26(23)30-21(5)24-13-11-18(2)15-25(24)31-27(33)17-29/h11-16,19-20,30,32H,5,9-10,17H2,1-4,6-8H3,(H,31,33). The molecule has 2 atom stereocenters. The molecule has 0 aliphatic carbocycles. The molecule has 0 fully saturated rings. The molecule has 186 valence electrons. The molecule has 34 heavy (non-hydrogen) atoms. The Balaban J connectivity index is 2.42. The molecular formula is C28H40ClN3OS. The van der Waals surface area contributed by atoms with Gasteiger partial charge in [-0.3, -0.25) is 9.52 Å². The van der Waals surface area contributed by atoms with Gasteiger partial charge in [0.25, 0.3) is 0 Å². The Kier molecular flexibility index (Phi) is 10.5. The summed E-state index contributed by atoms with van der Waals surface area (Å²) < 4.78 is 3.49. The van der Waals surface area contributed by atoms with Gasteiger partial charge in [-0.1, -0.05) is 58.4 Å². The Morgan fingerprint density at radius 3 is 2.41 bits per heavy atom. The summed E-state index contributed by atoms with van der Waals surface area (Å²) in [6, 6.07) is 12.5. The Bertz CT molecular complexity index is 1000. The summed E-state index contributed by atoms with van der Waals surface area (Å²) in [7, 11) is 0. The average molecular weight is 502 g/mol. The van der Waals surface area contributed by atoms with Gasteiger partial charge in [0.15, 0.2) is 0 Å². The predicted octanol–water partition coefficient (Wildman–Crippen LogP) is 8.19. The highest BCUT2D eigenvalue weighted by Crippen LogP contribution is 2.37. The minimum Gasteiger partial charge on any atom is -0.355 e. The second kappa shape index (κ2) is 12.7. The zero-order chi connectivity index (χ0) is 25.5. The van der Waals surface area contributed by atoms with Gasteiger partial charge in [0.1, 0.15) is 5.88 Å². The van der Waals surface area contributed by atoms with Gasteiger partial charge in [0.05, 0.1) is 5.69 Å². The first kappa shape index (κ1) is 28.3. The molecule has 4 nitrogen and oxygen atoms in total. The molecule has 2 aromatic rings. The van der Waals surface area contributed by atoms with Gasteiger partial charge >= 0.3 is 0 Å². The number of halogens is 1. The van der Waals surface area contributed by atoms with E-state index in [1.54, 1.807) is 11.9 Å². The number of rotatable bonds is 11. The lowest BCUT2D eigenvalue weighted by Gasteiger charge is -2.25. The molecule has 0 aliphatic heterocycles. The summed E-state index contributed by atoms with van der Waals surface area (Å²) in [6.07, 6.45) is 2.34. The third-order valence-electron chi connectivity index (χ3n) is 5.77. The van der Waals surface area contributed by atoms with E-state index in [-0.39, 0.29) is 17.3 Å². The fourth-order valence-corrected chi connectivity index (χ4v) is 4.57. The lowest BCUT2D eigenvalue weighted by Crippen LogP contribution is -2.29. The molecule has 0 heterocycles. The van der Waals surface area contributed by atoms with E-state index in [1.807, 2.05) is 25.1 Å². The predicted molar refractivity (Wildman–Crippen MR) is 151 cm³/mol. The zero-order valence-electron chi connectivity index (χ0n) is 21.6. The summed E-state index contributed by atoms with van der Waals surface area (Å²) in [4.78, 5) is 13.1. The molecule has 0 aliphatic rings. The van der Waals surface area contributed by atoms with Gasteiger partial charge in [-0.25, -0.2) is 0 Å². The molecule has 0 bridgehead atoms. The van der Waals surface area contributed by atoms with Crippen molar-refractivity contribution in [2.24, 2.45) is 5.92 Å². The summed E-state index contributed by atoms with van der Waals surface area (Å²) >= 11 is 7.36. The molecule has 2 aromatic carbocycles. The highest BCUT2D eigenvalue weighted by Gasteiger charge is 2.19. The van der Waals surface area contributed by atoms with Crippen LogP contribution in [-0.2, 0) is 4.79 Å². The number of carbonyl (C=O) groups excluding carboxylic acids is 1. The largest absolute Gasteiger partial charge is 0.355 e. The number of hydrogen-bond donors (Lipinski definition) is 3. The third-order valence-corrected chi connectivity index (χ3v) is 7.22. The van der Waals surface area contributed by atoms with Crippen molar-refractivity contribution in [3.8, 4) is 0 Å². The highest BCUT2D eigenvalue weighted by atomic mass is 35.5. The first-order chi connectivity index (χ1) is 15.9. The lowest BCUT2D eigenvalue weighted by atomic mass is 9.85. The monoisotopic (exact) mass is 501 g/mol. The maximum atomic E-state index is 12.0. The molecule has 0 aromatic heterocycles. The van der Waals surface area contributed by atoms with Crippen molar-refractivity contribution in [3.63, 3.8) is 0 Å². The van der Waals surface area contributed by atoms with Crippen LogP contribution in [0.2, 0.25) is 0 Å². The normalized spacial score (nSPS) is 13.3. The summed E-state index contributed by atoms with van der Waals surface area (Å²) in [5.74, 6) is 0.613. The first-order valence-electron chi connectivity index (χ1n) is 12.0. The van der Waals surface area contributed by atoms with E-state index in [4.69, 9.17) is 11.6 Å². The van der Waals surface area contributed by atoms with Crippen LogP contribution in [0.4, 0.5) is 11.4 Å². The van der Waals surface area contributed by atoms with E-state index in [1.165, 1.54) is 12.0 Å². The topological polar surface area (TPSA) is 53.2 Å². The fraction of sp³-hybridized carbons (Fsp3) is 0.464. The smallest absolute Gasteiger partial charge is 0.239 e. The van der Waals surface area contributed by atoms with Crippen molar-refractivity contribution in [3.05, 3.63) is 59.7 Å². The van der Waals surface area contributed by atoms with Gasteiger partial charge in [-0.2, -0.15) is 0 Å². The maximum absolute atomic E-state index is 12.0. The minimum absolute atomic E-state index is 0.000879. The van der Waals surface area contributed by atoms with E-state index in [2.05, 4.69) is 81.7 Å². The van der Waals surface area contributed by atoms with Crippen LogP contribution < -0.4 is 15.4 Å². The number of benzene rings is 2. The minimum atomic E-state index is -0.240. The Labute approximate surface area is 215 Å². The van der Waals surface area contributed by atoms with Crippen LogP contribution in [0.1, 0.15) is 77.0 Å². The Morgan fingerprint density at radius 2 is 1.79 bits per heavy atom. The van der Waals surface area contributed by atoms with Gasteiger partial charge in [0, 0.05) is 27.4 Å². The Morgan fingerprint density at radius 1 is 1.09 bits per heavy atom. The van der Waals surface area contributed by atoms with Crippen LogP contribution in [0.5, 0.6) is 0 Å². The van der Waals surface area contributed by atoms with Gasteiger partial charge in [0.2, 0.25) is 5.91 Å². The molecule has 1 amide bonds. The fourth-order valence-electron chi connectivity index (χ4n) is 3.77. The van der Waals surface area contributed by atoms with Crippen LogP contribution in [0.15, 0.2) is 47.9 Å². The molecule has 0 spiro atoms. The SMILES string of the molecule is C=C(Nc1cc(SNC(C)(C)C)ccc1C(C)C(C)CCC)c1ccc(C)cc1NC(=O)CCl. The molecule has 0 saturated carbocycles. The van der Waals surface area contributed by atoms with E-state index in [9.17, 15) is 4.79 Å². The van der Waals surface area contributed by atoms with Crippen molar-refractivity contribution >= 4 is 46.5 Å². The number of nitrogens with one attached hydrogen (secondary N) is 3. The van der Waals surface area contributed by atoms with E-state index >= 15 is 0 Å². The molecule has 2 unspecified atom stereocenters. The number of amides is 1. The maximum Gasteiger partial charge on any atom is 0.239 e. The highest BCUT2D eigenvalue weighted by molar-refractivity contribution is 7.97. The molecular weight excluding hydrogens is 462 g/mol. The van der Waals surface area contributed by atoms with Crippen molar-refractivity contribution in [1.82, 2.24) is 4.72 Å². The van der Waals surface area contributed by atoms with Crippen molar-refractivity contribution < 1.29 is 4.79 Å². The number of hydrogen-bond acceptors (Lipinski definition) is 4. The van der Waals surface area contributed by atoms with E-state index < -0.39 is 0 Å².